The van der Waals surface area contributed by atoms with Gasteiger partial charge in [-0.2, -0.15) is 0 Å². The van der Waals surface area contributed by atoms with E-state index in [9.17, 15) is 0 Å². The summed E-state index contributed by atoms with van der Waals surface area (Å²) in [5.74, 6) is -2.77. The first-order chi connectivity index (χ1) is 14.4. The third kappa shape index (κ3) is 7.87. The van der Waals surface area contributed by atoms with Crippen LogP contribution in [0.1, 0.15) is 11.1 Å². The van der Waals surface area contributed by atoms with Crippen molar-refractivity contribution in [3.8, 4) is 5.75 Å². The normalized spacial score (nSPS) is 16.5. The van der Waals surface area contributed by atoms with Crippen molar-refractivity contribution in [2.45, 2.75) is 12.6 Å². The highest BCUT2D eigenvalue weighted by Crippen LogP contribution is 2.20. The SMILES string of the molecule is COc1ccccc1C=CC1CN(Cc2ccc(Cl)cc2)CCO1.O=C(O)C(=O)O. The van der Waals surface area contributed by atoms with Gasteiger partial charge in [0, 0.05) is 30.2 Å². The third-order valence-electron chi connectivity index (χ3n) is 4.31. The molecule has 1 heterocycles. The molecule has 2 N–H and O–H groups in total. The van der Waals surface area contributed by atoms with Crippen LogP contribution in [0.4, 0.5) is 0 Å². The highest BCUT2D eigenvalue weighted by molar-refractivity contribution is 6.30. The van der Waals surface area contributed by atoms with E-state index in [1.54, 1.807) is 7.11 Å². The molecule has 1 aliphatic rings. The van der Waals surface area contributed by atoms with Crippen molar-refractivity contribution < 1.29 is 29.3 Å². The molecule has 0 saturated carbocycles. The lowest BCUT2D eigenvalue weighted by atomic mass is 10.1. The maximum atomic E-state index is 9.10. The van der Waals surface area contributed by atoms with E-state index in [4.69, 9.17) is 40.9 Å². The number of hydrogen-bond donors (Lipinski definition) is 2. The van der Waals surface area contributed by atoms with E-state index in [-0.39, 0.29) is 6.10 Å². The molecule has 1 unspecified atom stereocenters. The zero-order valence-corrected chi connectivity index (χ0v) is 17.3. The van der Waals surface area contributed by atoms with Crippen molar-refractivity contribution in [2.75, 3.05) is 26.8 Å². The number of rotatable bonds is 5. The molecule has 2 aromatic carbocycles. The molecule has 0 bridgehead atoms. The Morgan fingerprint density at radius 1 is 1.17 bits per heavy atom. The Morgan fingerprint density at radius 2 is 1.83 bits per heavy atom. The molecule has 1 atom stereocenters. The average molecular weight is 434 g/mol. The van der Waals surface area contributed by atoms with Gasteiger partial charge in [-0.15, -0.1) is 0 Å². The number of nitrogens with zero attached hydrogens (tertiary/aromatic N) is 1. The molecule has 7 nitrogen and oxygen atoms in total. The van der Waals surface area contributed by atoms with E-state index in [2.05, 4.69) is 29.2 Å². The first-order valence-corrected chi connectivity index (χ1v) is 9.62. The topological polar surface area (TPSA) is 96.3 Å². The van der Waals surface area contributed by atoms with E-state index in [0.29, 0.717) is 0 Å². The highest BCUT2D eigenvalue weighted by atomic mass is 35.5. The molecule has 0 radical (unpaired) electrons. The first-order valence-electron chi connectivity index (χ1n) is 9.25. The lowest BCUT2D eigenvalue weighted by Gasteiger charge is -2.31. The minimum absolute atomic E-state index is 0.0935. The van der Waals surface area contributed by atoms with Gasteiger partial charge in [0.25, 0.3) is 0 Å². The van der Waals surface area contributed by atoms with Crippen molar-refractivity contribution in [1.82, 2.24) is 4.90 Å². The van der Waals surface area contributed by atoms with E-state index in [1.165, 1.54) is 5.56 Å². The number of benzene rings is 2. The number of methoxy groups -OCH3 is 1. The highest BCUT2D eigenvalue weighted by Gasteiger charge is 2.18. The lowest BCUT2D eigenvalue weighted by Crippen LogP contribution is -2.41. The van der Waals surface area contributed by atoms with Crippen molar-refractivity contribution in [2.24, 2.45) is 0 Å². The molecule has 0 aliphatic carbocycles. The zero-order valence-electron chi connectivity index (χ0n) is 16.5. The number of carboxylic acid groups (broad SMARTS) is 2. The first kappa shape index (κ1) is 23.4. The summed E-state index contributed by atoms with van der Waals surface area (Å²) in [6, 6.07) is 16.0. The van der Waals surface area contributed by atoms with Gasteiger partial charge in [-0.3, -0.25) is 4.90 Å². The van der Waals surface area contributed by atoms with E-state index < -0.39 is 11.9 Å². The summed E-state index contributed by atoms with van der Waals surface area (Å²) in [6.07, 6.45) is 4.29. The number of morpholine rings is 1. The third-order valence-corrected chi connectivity index (χ3v) is 4.56. The summed E-state index contributed by atoms with van der Waals surface area (Å²) in [6.45, 7) is 3.49. The molecule has 0 spiro atoms. The van der Waals surface area contributed by atoms with Crippen LogP contribution in [0, 0.1) is 0 Å². The lowest BCUT2D eigenvalue weighted by molar-refractivity contribution is -0.159. The van der Waals surface area contributed by atoms with Crippen LogP contribution in [0.2, 0.25) is 5.02 Å². The number of halogens is 1. The van der Waals surface area contributed by atoms with Gasteiger partial charge in [0.2, 0.25) is 0 Å². The van der Waals surface area contributed by atoms with Crippen LogP contribution in [-0.4, -0.2) is 60.0 Å². The van der Waals surface area contributed by atoms with Crippen molar-refractivity contribution >= 4 is 29.6 Å². The Balaban J connectivity index is 0.000000469. The molecule has 0 aromatic heterocycles. The summed E-state index contributed by atoms with van der Waals surface area (Å²) in [7, 11) is 1.69. The monoisotopic (exact) mass is 433 g/mol. The number of para-hydroxylation sites is 1. The summed E-state index contributed by atoms with van der Waals surface area (Å²) in [5.41, 5.74) is 2.34. The number of aliphatic carboxylic acids is 2. The minimum Gasteiger partial charge on any atom is -0.496 e. The summed E-state index contributed by atoms with van der Waals surface area (Å²) < 4.78 is 11.3. The minimum atomic E-state index is -1.82. The van der Waals surface area contributed by atoms with Gasteiger partial charge in [0.1, 0.15) is 5.75 Å². The molecule has 1 fully saturated rings. The fourth-order valence-electron chi connectivity index (χ4n) is 2.85. The molecule has 0 amide bonds. The smallest absolute Gasteiger partial charge is 0.414 e. The molecule has 160 valence electrons. The Hall–Kier alpha value is -2.87. The number of carbonyl (C=O) groups is 2. The van der Waals surface area contributed by atoms with Crippen LogP contribution >= 0.6 is 11.6 Å². The standard InChI is InChI=1S/C20H22ClNO2.C2H2O4/c1-23-20-5-3-2-4-17(20)8-11-19-15-22(12-13-24-19)14-16-6-9-18(21)10-7-16;3-1(4)2(5)6/h2-11,19H,12-15H2,1H3;(H,3,4)(H,5,6). The molecule has 1 saturated heterocycles. The second-order valence-corrected chi connectivity index (χ2v) is 6.92. The van der Waals surface area contributed by atoms with Crippen LogP contribution < -0.4 is 4.74 Å². The van der Waals surface area contributed by atoms with Gasteiger partial charge in [0.05, 0.1) is 19.8 Å². The Kier molecular flexibility index (Phi) is 9.34. The predicted octanol–water partition coefficient (Wildman–Crippen LogP) is 3.42. The van der Waals surface area contributed by atoms with Crippen LogP contribution in [0.5, 0.6) is 5.75 Å². The summed E-state index contributed by atoms with van der Waals surface area (Å²) in [5, 5.41) is 15.6. The van der Waals surface area contributed by atoms with Gasteiger partial charge >= 0.3 is 11.9 Å². The van der Waals surface area contributed by atoms with E-state index in [1.807, 2.05) is 36.4 Å². The van der Waals surface area contributed by atoms with Gasteiger partial charge in [-0.05, 0) is 23.8 Å². The van der Waals surface area contributed by atoms with Crippen LogP contribution in [0.25, 0.3) is 6.08 Å². The van der Waals surface area contributed by atoms with Crippen LogP contribution in [0.15, 0.2) is 54.6 Å². The Bertz CT molecular complexity index is 856. The molecular weight excluding hydrogens is 410 g/mol. The van der Waals surface area contributed by atoms with Gasteiger partial charge in [0.15, 0.2) is 0 Å². The Labute approximate surface area is 180 Å². The fraction of sp³-hybridized carbons (Fsp3) is 0.273. The summed E-state index contributed by atoms with van der Waals surface area (Å²) in [4.78, 5) is 20.6. The second-order valence-electron chi connectivity index (χ2n) is 6.48. The molecule has 3 rings (SSSR count). The molecular formula is C22H24ClNO6. The zero-order chi connectivity index (χ0) is 21.9. The van der Waals surface area contributed by atoms with Gasteiger partial charge < -0.3 is 19.7 Å². The number of carboxylic acids is 2. The molecule has 30 heavy (non-hydrogen) atoms. The maximum Gasteiger partial charge on any atom is 0.414 e. The maximum absolute atomic E-state index is 9.10. The molecule has 2 aromatic rings. The van der Waals surface area contributed by atoms with Crippen LogP contribution in [-0.2, 0) is 20.9 Å². The fourth-order valence-corrected chi connectivity index (χ4v) is 2.98. The van der Waals surface area contributed by atoms with Crippen molar-refractivity contribution in [1.29, 1.82) is 0 Å². The number of ether oxygens (including phenoxy) is 2. The summed E-state index contributed by atoms with van der Waals surface area (Å²) >= 11 is 5.95. The Morgan fingerprint density at radius 3 is 2.47 bits per heavy atom. The molecule has 1 aliphatic heterocycles. The van der Waals surface area contributed by atoms with Crippen molar-refractivity contribution in [3.05, 3.63) is 70.8 Å². The van der Waals surface area contributed by atoms with E-state index >= 15 is 0 Å². The average Bonchev–Trinajstić information content (AvgIpc) is 2.75. The van der Waals surface area contributed by atoms with Crippen LogP contribution in [0.3, 0.4) is 0 Å². The predicted molar refractivity (Wildman–Crippen MR) is 114 cm³/mol. The largest absolute Gasteiger partial charge is 0.496 e. The molecule has 8 heteroatoms. The second kappa shape index (κ2) is 12.0. The van der Waals surface area contributed by atoms with Gasteiger partial charge in [-0.1, -0.05) is 54.1 Å². The van der Waals surface area contributed by atoms with Crippen molar-refractivity contribution in [3.63, 3.8) is 0 Å². The number of hydrogen-bond acceptors (Lipinski definition) is 5. The van der Waals surface area contributed by atoms with E-state index in [0.717, 1.165) is 42.6 Å². The quantitative estimate of drug-likeness (QED) is 0.697. The van der Waals surface area contributed by atoms with Gasteiger partial charge in [-0.25, -0.2) is 9.59 Å².